The van der Waals surface area contributed by atoms with Gasteiger partial charge in [0.1, 0.15) is 17.4 Å². The number of nitrogens with one attached hydrogen (secondary N) is 1. The van der Waals surface area contributed by atoms with Crippen LogP contribution in [0.4, 0.5) is 5.69 Å². The molecule has 1 amide bonds. The molecule has 1 aromatic heterocycles. The van der Waals surface area contributed by atoms with Gasteiger partial charge in [0, 0.05) is 33.9 Å². The Bertz CT molecular complexity index is 1120. The zero-order chi connectivity index (χ0) is 21.0. The molecular weight excluding hydrogens is 386 g/mol. The van der Waals surface area contributed by atoms with Gasteiger partial charge in [-0.3, -0.25) is 4.79 Å². The second kappa shape index (κ2) is 8.68. The van der Waals surface area contributed by atoms with Gasteiger partial charge in [-0.1, -0.05) is 17.7 Å². The van der Waals surface area contributed by atoms with E-state index in [4.69, 9.17) is 16.3 Å². The van der Waals surface area contributed by atoms with Gasteiger partial charge in [-0.15, -0.1) is 0 Å². The number of carbonyl (C=O) groups excluding carboxylic acids is 1. The van der Waals surface area contributed by atoms with Crippen molar-refractivity contribution in [1.82, 2.24) is 4.57 Å². The minimum absolute atomic E-state index is 0.0178. The number of aromatic nitrogens is 1. The van der Waals surface area contributed by atoms with E-state index in [0.717, 1.165) is 22.6 Å². The molecule has 29 heavy (non-hydrogen) atoms. The van der Waals surface area contributed by atoms with Crippen LogP contribution in [0.2, 0.25) is 5.02 Å². The third-order valence-electron chi connectivity index (χ3n) is 4.55. The molecule has 0 atom stereocenters. The van der Waals surface area contributed by atoms with E-state index >= 15 is 0 Å². The van der Waals surface area contributed by atoms with Gasteiger partial charge in [-0.2, -0.15) is 5.26 Å². The number of benzene rings is 2. The lowest BCUT2D eigenvalue weighted by Gasteiger charge is -2.10. The van der Waals surface area contributed by atoms with Gasteiger partial charge in [-0.05, 0) is 68.0 Å². The van der Waals surface area contributed by atoms with Gasteiger partial charge < -0.3 is 14.6 Å². The number of hydrogen-bond acceptors (Lipinski definition) is 3. The van der Waals surface area contributed by atoms with Gasteiger partial charge in [-0.25, -0.2) is 0 Å². The van der Waals surface area contributed by atoms with Crippen LogP contribution in [0.5, 0.6) is 5.75 Å². The zero-order valence-electron chi connectivity index (χ0n) is 16.4. The molecule has 0 saturated heterocycles. The first-order valence-electron chi connectivity index (χ1n) is 8.95. The van der Waals surface area contributed by atoms with E-state index in [1.54, 1.807) is 37.5 Å². The van der Waals surface area contributed by atoms with Crippen LogP contribution in [-0.4, -0.2) is 17.6 Å². The number of hydrogen-bond donors (Lipinski definition) is 1. The molecule has 3 aromatic rings. The highest BCUT2D eigenvalue weighted by Crippen LogP contribution is 2.24. The number of amides is 1. The van der Waals surface area contributed by atoms with Gasteiger partial charge in [0.05, 0.1) is 7.11 Å². The van der Waals surface area contributed by atoms with Crippen molar-refractivity contribution in [3.63, 3.8) is 0 Å². The third-order valence-corrected chi connectivity index (χ3v) is 4.80. The van der Waals surface area contributed by atoms with Crippen LogP contribution in [0.3, 0.4) is 0 Å². The third kappa shape index (κ3) is 4.50. The summed E-state index contributed by atoms with van der Waals surface area (Å²) in [6, 6.07) is 18.4. The summed E-state index contributed by atoms with van der Waals surface area (Å²) in [6.45, 7) is 3.92. The largest absolute Gasteiger partial charge is 0.497 e. The molecule has 0 radical (unpaired) electrons. The second-order valence-corrected chi connectivity index (χ2v) is 6.93. The van der Waals surface area contributed by atoms with Crippen molar-refractivity contribution in [2.75, 3.05) is 12.4 Å². The minimum atomic E-state index is -0.475. The molecule has 6 heteroatoms. The lowest BCUT2D eigenvalue weighted by Crippen LogP contribution is -2.13. The molecule has 0 unspecified atom stereocenters. The number of nitrogens with zero attached hydrogens (tertiary/aromatic N) is 2. The predicted molar refractivity (Wildman–Crippen MR) is 115 cm³/mol. The fourth-order valence-electron chi connectivity index (χ4n) is 3.12. The van der Waals surface area contributed by atoms with Crippen molar-refractivity contribution in [2.24, 2.45) is 0 Å². The zero-order valence-corrected chi connectivity index (χ0v) is 17.1. The number of carbonyl (C=O) groups is 1. The van der Waals surface area contributed by atoms with Gasteiger partial charge in [0.15, 0.2) is 0 Å². The minimum Gasteiger partial charge on any atom is -0.497 e. The van der Waals surface area contributed by atoms with Crippen LogP contribution in [0, 0.1) is 25.2 Å². The Morgan fingerprint density at radius 2 is 1.90 bits per heavy atom. The average Bonchev–Trinajstić information content (AvgIpc) is 3.00. The van der Waals surface area contributed by atoms with E-state index < -0.39 is 5.91 Å². The fraction of sp³-hybridized carbons (Fsp3) is 0.130. The highest BCUT2D eigenvalue weighted by atomic mass is 35.5. The van der Waals surface area contributed by atoms with Gasteiger partial charge >= 0.3 is 0 Å². The molecule has 0 aliphatic rings. The van der Waals surface area contributed by atoms with E-state index in [-0.39, 0.29) is 5.57 Å². The molecule has 1 heterocycles. The standard InChI is InChI=1S/C23H20ClN3O2/c1-15-11-17(16(2)27(15)21-9-7-19(24)8-10-21)12-18(14-25)23(28)26-20-5-4-6-22(13-20)29-3/h4-13H,1-3H3,(H,26,28)/b18-12-. The Hall–Kier alpha value is -3.49. The van der Waals surface area contributed by atoms with Crippen LogP contribution in [-0.2, 0) is 4.79 Å². The number of anilines is 1. The normalized spacial score (nSPS) is 11.1. The van der Waals surface area contributed by atoms with Crippen LogP contribution in [0.15, 0.2) is 60.2 Å². The Balaban J connectivity index is 1.91. The quantitative estimate of drug-likeness (QED) is 0.462. The summed E-state index contributed by atoms with van der Waals surface area (Å²) in [5.74, 6) is 0.147. The molecule has 0 saturated carbocycles. The molecule has 0 aliphatic heterocycles. The summed E-state index contributed by atoms with van der Waals surface area (Å²) in [4.78, 5) is 12.6. The Morgan fingerprint density at radius 1 is 1.17 bits per heavy atom. The molecule has 2 aromatic carbocycles. The summed E-state index contributed by atoms with van der Waals surface area (Å²) in [5, 5.41) is 12.9. The number of halogens is 1. The highest BCUT2D eigenvalue weighted by molar-refractivity contribution is 6.30. The smallest absolute Gasteiger partial charge is 0.266 e. The fourth-order valence-corrected chi connectivity index (χ4v) is 3.25. The first kappa shape index (κ1) is 20.2. The summed E-state index contributed by atoms with van der Waals surface area (Å²) in [6.07, 6.45) is 1.60. The molecule has 0 fully saturated rings. The number of ether oxygens (including phenoxy) is 1. The van der Waals surface area contributed by atoms with E-state index in [9.17, 15) is 10.1 Å². The van der Waals surface area contributed by atoms with Crippen molar-refractivity contribution in [3.05, 3.63) is 82.1 Å². The lowest BCUT2D eigenvalue weighted by atomic mass is 10.1. The highest BCUT2D eigenvalue weighted by Gasteiger charge is 2.14. The Labute approximate surface area is 174 Å². The van der Waals surface area contributed by atoms with Crippen LogP contribution in [0.25, 0.3) is 11.8 Å². The molecule has 3 rings (SSSR count). The summed E-state index contributed by atoms with van der Waals surface area (Å²) >= 11 is 5.98. The van der Waals surface area contributed by atoms with Crippen molar-refractivity contribution < 1.29 is 9.53 Å². The van der Waals surface area contributed by atoms with Crippen molar-refractivity contribution in [3.8, 4) is 17.5 Å². The predicted octanol–water partition coefficient (Wildman–Crippen LogP) is 5.30. The topological polar surface area (TPSA) is 67.0 Å². The maximum atomic E-state index is 12.6. The van der Waals surface area contributed by atoms with Crippen LogP contribution in [0.1, 0.15) is 17.0 Å². The Kier molecular flexibility index (Phi) is 6.06. The summed E-state index contributed by atoms with van der Waals surface area (Å²) in [7, 11) is 1.55. The summed E-state index contributed by atoms with van der Waals surface area (Å²) in [5.41, 5.74) is 4.25. The van der Waals surface area contributed by atoms with Gasteiger partial charge in [0.25, 0.3) is 5.91 Å². The van der Waals surface area contributed by atoms with E-state index in [1.165, 1.54) is 0 Å². The van der Waals surface area contributed by atoms with E-state index in [2.05, 4.69) is 9.88 Å². The van der Waals surface area contributed by atoms with Crippen molar-refractivity contribution in [2.45, 2.75) is 13.8 Å². The van der Waals surface area contributed by atoms with Crippen molar-refractivity contribution >= 4 is 29.3 Å². The molecule has 0 bridgehead atoms. The lowest BCUT2D eigenvalue weighted by molar-refractivity contribution is -0.112. The second-order valence-electron chi connectivity index (χ2n) is 6.49. The first-order chi connectivity index (χ1) is 13.9. The number of methoxy groups -OCH3 is 1. The van der Waals surface area contributed by atoms with Crippen LogP contribution < -0.4 is 10.1 Å². The molecule has 1 N–H and O–H groups in total. The number of rotatable bonds is 5. The molecule has 5 nitrogen and oxygen atoms in total. The molecule has 146 valence electrons. The molecular formula is C23H20ClN3O2. The number of nitriles is 1. The number of aryl methyl sites for hydroxylation is 1. The SMILES string of the molecule is COc1cccc(NC(=O)/C(C#N)=C\c2cc(C)n(-c3ccc(Cl)cc3)c2C)c1. The van der Waals surface area contributed by atoms with E-state index in [0.29, 0.717) is 16.5 Å². The first-order valence-corrected chi connectivity index (χ1v) is 9.33. The maximum Gasteiger partial charge on any atom is 0.266 e. The molecule has 0 spiro atoms. The van der Waals surface area contributed by atoms with E-state index in [1.807, 2.05) is 50.2 Å². The maximum absolute atomic E-state index is 12.6. The van der Waals surface area contributed by atoms with Gasteiger partial charge in [0.2, 0.25) is 0 Å². The average molecular weight is 406 g/mol. The Morgan fingerprint density at radius 3 is 2.55 bits per heavy atom. The monoisotopic (exact) mass is 405 g/mol. The van der Waals surface area contributed by atoms with Crippen molar-refractivity contribution in [1.29, 1.82) is 5.26 Å². The molecule has 0 aliphatic carbocycles. The van der Waals surface area contributed by atoms with Crippen LogP contribution >= 0.6 is 11.6 Å². The summed E-state index contributed by atoms with van der Waals surface area (Å²) < 4.78 is 7.21.